The Bertz CT molecular complexity index is 1010. The molecular formula is C23H27F3N4O4. The van der Waals surface area contributed by atoms with E-state index in [-0.39, 0.29) is 37.0 Å². The predicted octanol–water partition coefficient (Wildman–Crippen LogP) is 2.40. The van der Waals surface area contributed by atoms with Crippen LogP contribution in [-0.4, -0.2) is 54.5 Å². The van der Waals surface area contributed by atoms with Gasteiger partial charge in [-0.05, 0) is 30.7 Å². The second-order valence-corrected chi connectivity index (χ2v) is 7.46. The molecule has 0 saturated heterocycles. The normalized spacial score (nSPS) is 11.9. The number of aliphatic hydroxyl groups is 1. The first kappa shape index (κ1) is 26.5. The van der Waals surface area contributed by atoms with Gasteiger partial charge in [-0.1, -0.05) is 35.9 Å². The minimum atomic E-state index is -4.57. The fraction of sp³-hybridized carbons (Fsp3) is 0.304. The van der Waals surface area contributed by atoms with Crippen LogP contribution in [0.15, 0.2) is 60.0 Å². The van der Waals surface area contributed by atoms with Crippen molar-refractivity contribution in [1.29, 1.82) is 0 Å². The zero-order valence-corrected chi connectivity index (χ0v) is 19.0. The topological polar surface area (TPSA) is 94.1 Å². The Kier molecular flexibility index (Phi) is 9.31. The van der Waals surface area contributed by atoms with Crippen molar-refractivity contribution in [2.45, 2.75) is 19.6 Å². The molecule has 0 aliphatic heterocycles. The van der Waals surface area contributed by atoms with Crippen LogP contribution < -0.4 is 15.6 Å². The summed E-state index contributed by atoms with van der Waals surface area (Å²) in [5.41, 5.74) is 3.31. The second-order valence-electron chi connectivity index (χ2n) is 7.46. The molecule has 2 aromatic rings. The molecule has 0 bridgehead atoms. The quantitative estimate of drug-likeness (QED) is 0.260. The average molecular weight is 480 g/mol. The number of rotatable bonds is 11. The SMILES string of the molecule is Cc1ccc(CN/C(C(=O)N(C)CCO)=C(\NOc2cccc(C(F)(F)F)c2)N(C)C=O)cc1. The van der Waals surface area contributed by atoms with Gasteiger partial charge in [-0.15, -0.1) is 0 Å². The lowest BCUT2D eigenvalue weighted by Gasteiger charge is -2.25. The highest BCUT2D eigenvalue weighted by molar-refractivity contribution is 5.93. The third kappa shape index (κ3) is 7.41. The molecule has 184 valence electrons. The van der Waals surface area contributed by atoms with Crippen LogP contribution in [-0.2, 0) is 22.3 Å². The lowest BCUT2D eigenvalue weighted by Crippen LogP contribution is -2.42. The molecule has 3 N–H and O–H groups in total. The van der Waals surface area contributed by atoms with Crippen LogP contribution in [0.25, 0.3) is 0 Å². The molecule has 0 fully saturated rings. The molecule has 0 aliphatic rings. The maximum Gasteiger partial charge on any atom is 0.416 e. The van der Waals surface area contributed by atoms with E-state index >= 15 is 0 Å². The molecule has 2 aromatic carbocycles. The minimum absolute atomic E-state index is 0.0150. The average Bonchev–Trinajstić information content (AvgIpc) is 2.81. The highest BCUT2D eigenvalue weighted by atomic mass is 19.4. The first-order valence-corrected chi connectivity index (χ1v) is 10.2. The summed E-state index contributed by atoms with van der Waals surface area (Å²) >= 11 is 0. The van der Waals surface area contributed by atoms with Gasteiger partial charge in [0.1, 0.15) is 5.70 Å². The van der Waals surface area contributed by atoms with Gasteiger partial charge in [0.05, 0.1) is 12.2 Å². The Hall–Kier alpha value is -3.73. The zero-order chi connectivity index (χ0) is 25.3. The smallest absolute Gasteiger partial charge is 0.395 e. The zero-order valence-electron chi connectivity index (χ0n) is 19.0. The third-order valence-electron chi connectivity index (χ3n) is 4.76. The van der Waals surface area contributed by atoms with E-state index < -0.39 is 17.6 Å². The van der Waals surface area contributed by atoms with E-state index in [0.29, 0.717) is 6.41 Å². The molecule has 2 amide bonds. The van der Waals surface area contributed by atoms with Gasteiger partial charge < -0.3 is 25.1 Å². The van der Waals surface area contributed by atoms with Crippen molar-refractivity contribution in [2.24, 2.45) is 0 Å². The van der Waals surface area contributed by atoms with E-state index in [4.69, 9.17) is 4.84 Å². The maximum absolute atomic E-state index is 13.1. The van der Waals surface area contributed by atoms with E-state index in [0.717, 1.165) is 28.2 Å². The molecule has 2 rings (SSSR count). The van der Waals surface area contributed by atoms with Gasteiger partial charge in [-0.2, -0.15) is 13.2 Å². The highest BCUT2D eigenvalue weighted by Crippen LogP contribution is 2.31. The van der Waals surface area contributed by atoms with Gasteiger partial charge in [0.25, 0.3) is 5.91 Å². The number of likely N-dealkylation sites (N-methyl/N-ethyl adjacent to an activating group) is 1. The Morgan fingerprint density at radius 1 is 1.15 bits per heavy atom. The number of nitrogens with one attached hydrogen (secondary N) is 2. The third-order valence-corrected chi connectivity index (χ3v) is 4.76. The summed E-state index contributed by atoms with van der Waals surface area (Å²) in [7, 11) is 2.80. The number of nitrogens with zero attached hydrogens (tertiary/aromatic N) is 2. The number of benzene rings is 2. The second kappa shape index (κ2) is 11.9. The molecule has 0 radical (unpaired) electrons. The molecule has 0 aromatic heterocycles. The van der Waals surface area contributed by atoms with Gasteiger partial charge in [0.2, 0.25) is 6.41 Å². The number of aryl methyl sites for hydroxylation is 1. The summed E-state index contributed by atoms with van der Waals surface area (Å²) in [5.74, 6) is -0.889. The highest BCUT2D eigenvalue weighted by Gasteiger charge is 2.31. The Morgan fingerprint density at radius 3 is 2.41 bits per heavy atom. The summed E-state index contributed by atoms with van der Waals surface area (Å²) in [6.45, 7) is 1.86. The lowest BCUT2D eigenvalue weighted by molar-refractivity contribution is -0.137. The van der Waals surface area contributed by atoms with Gasteiger partial charge in [-0.25, -0.2) is 5.48 Å². The molecule has 0 atom stereocenters. The number of halogens is 3. The number of carbonyl (C=O) groups excluding carboxylic acids is 2. The van der Waals surface area contributed by atoms with Gasteiger partial charge >= 0.3 is 6.18 Å². The molecule has 11 heteroatoms. The van der Waals surface area contributed by atoms with Crippen molar-refractivity contribution in [1.82, 2.24) is 20.6 Å². The lowest BCUT2D eigenvalue weighted by atomic mass is 10.1. The molecule has 0 spiro atoms. The first-order valence-electron chi connectivity index (χ1n) is 10.2. The van der Waals surface area contributed by atoms with Crippen LogP contribution >= 0.6 is 0 Å². The van der Waals surface area contributed by atoms with E-state index in [9.17, 15) is 27.9 Å². The number of alkyl halides is 3. The van der Waals surface area contributed by atoms with Crippen molar-refractivity contribution >= 4 is 12.3 Å². The van der Waals surface area contributed by atoms with Crippen LogP contribution in [0.4, 0.5) is 13.2 Å². The standard InChI is InChI=1S/C23H27F3N4O4/c1-16-7-9-17(10-8-16)14-27-20(22(33)29(2)11-12-31)21(30(3)15-32)28-34-19-6-4-5-18(13-19)23(24,25)26/h4-10,13,15,27-28,31H,11-12,14H2,1-3H3/b21-20+. The Labute approximate surface area is 195 Å². The summed E-state index contributed by atoms with van der Waals surface area (Å²) in [5, 5.41) is 12.2. The number of aliphatic hydroxyl groups excluding tert-OH is 1. The molecule has 0 saturated carbocycles. The van der Waals surface area contributed by atoms with Gasteiger partial charge in [0, 0.05) is 27.2 Å². The number of amides is 2. The van der Waals surface area contributed by atoms with Crippen molar-refractivity contribution in [3.8, 4) is 5.75 Å². The largest absolute Gasteiger partial charge is 0.416 e. The molecular weight excluding hydrogens is 453 g/mol. The van der Waals surface area contributed by atoms with E-state index in [1.165, 1.54) is 31.1 Å². The van der Waals surface area contributed by atoms with Crippen molar-refractivity contribution in [3.05, 3.63) is 76.7 Å². The van der Waals surface area contributed by atoms with Crippen LogP contribution in [0, 0.1) is 6.92 Å². The molecule has 0 aliphatic carbocycles. The van der Waals surface area contributed by atoms with Gasteiger partial charge in [-0.3, -0.25) is 9.59 Å². The number of hydrogen-bond donors (Lipinski definition) is 3. The Morgan fingerprint density at radius 2 is 1.82 bits per heavy atom. The summed E-state index contributed by atoms with van der Waals surface area (Å²) in [6, 6.07) is 11.6. The van der Waals surface area contributed by atoms with Crippen molar-refractivity contribution < 1.29 is 32.7 Å². The van der Waals surface area contributed by atoms with E-state index in [1.54, 1.807) is 0 Å². The van der Waals surface area contributed by atoms with Crippen LogP contribution in [0.1, 0.15) is 16.7 Å². The fourth-order valence-corrected chi connectivity index (χ4v) is 2.79. The first-order chi connectivity index (χ1) is 16.1. The number of carbonyl (C=O) groups is 2. The van der Waals surface area contributed by atoms with Gasteiger partial charge in [0.15, 0.2) is 11.6 Å². The molecule has 34 heavy (non-hydrogen) atoms. The fourth-order valence-electron chi connectivity index (χ4n) is 2.79. The minimum Gasteiger partial charge on any atom is -0.395 e. The molecule has 0 heterocycles. The van der Waals surface area contributed by atoms with Crippen molar-refractivity contribution in [2.75, 3.05) is 27.2 Å². The van der Waals surface area contributed by atoms with E-state index in [1.807, 2.05) is 31.2 Å². The summed E-state index contributed by atoms with van der Waals surface area (Å²) < 4.78 is 39.0. The van der Waals surface area contributed by atoms with E-state index in [2.05, 4.69) is 10.8 Å². The Balaban J connectivity index is 2.39. The van der Waals surface area contributed by atoms with Crippen LogP contribution in [0.2, 0.25) is 0 Å². The number of hydrogen-bond acceptors (Lipinski definition) is 6. The van der Waals surface area contributed by atoms with Crippen LogP contribution in [0.5, 0.6) is 5.75 Å². The van der Waals surface area contributed by atoms with Crippen molar-refractivity contribution in [3.63, 3.8) is 0 Å². The number of hydroxylamine groups is 1. The molecule has 0 unspecified atom stereocenters. The summed E-state index contributed by atoms with van der Waals surface area (Å²) in [6.07, 6.45) is -4.16. The van der Waals surface area contributed by atoms with Crippen LogP contribution in [0.3, 0.4) is 0 Å². The monoisotopic (exact) mass is 480 g/mol. The molecule has 8 nitrogen and oxygen atoms in total. The summed E-state index contributed by atoms with van der Waals surface area (Å²) in [4.78, 5) is 32.1. The maximum atomic E-state index is 13.1. The predicted molar refractivity (Wildman–Crippen MR) is 119 cm³/mol.